The van der Waals surface area contributed by atoms with Gasteiger partial charge in [0, 0.05) is 4.47 Å². The van der Waals surface area contributed by atoms with Gasteiger partial charge in [0.1, 0.15) is 0 Å². The molecule has 0 N–H and O–H groups in total. The van der Waals surface area contributed by atoms with Gasteiger partial charge in [0.15, 0.2) is 0 Å². The number of hydrogen-bond donors (Lipinski definition) is 0. The van der Waals surface area contributed by atoms with Crippen molar-refractivity contribution < 1.29 is 13.2 Å². The highest BCUT2D eigenvalue weighted by molar-refractivity contribution is 9.10. The Morgan fingerprint density at radius 1 is 1.14 bits per heavy atom. The molecular formula is C10H8BrF3. The molecule has 0 aliphatic heterocycles. The predicted octanol–water partition coefficient (Wildman–Crippen LogP) is 3.96. The van der Waals surface area contributed by atoms with Crippen molar-refractivity contribution in [3.05, 3.63) is 33.3 Å². The first-order chi connectivity index (χ1) is 6.48. The van der Waals surface area contributed by atoms with Crippen molar-refractivity contribution in [1.82, 2.24) is 0 Å². The fraction of sp³-hybridized carbons (Fsp3) is 0.400. The van der Waals surface area contributed by atoms with Crippen LogP contribution in [0.15, 0.2) is 16.6 Å². The molecule has 76 valence electrons. The lowest BCUT2D eigenvalue weighted by Gasteiger charge is -2.12. The average Bonchev–Trinajstić information content (AvgIpc) is 2.47. The molecule has 0 unspecified atom stereocenters. The molecule has 1 aromatic rings. The summed E-state index contributed by atoms with van der Waals surface area (Å²) in [6.07, 6.45) is -2.08. The largest absolute Gasteiger partial charge is 0.416 e. The van der Waals surface area contributed by atoms with E-state index in [1.165, 1.54) is 6.07 Å². The van der Waals surface area contributed by atoms with Crippen LogP contribution in [0.3, 0.4) is 0 Å². The van der Waals surface area contributed by atoms with Crippen molar-refractivity contribution in [3.8, 4) is 0 Å². The molecule has 0 fully saturated rings. The van der Waals surface area contributed by atoms with Crippen LogP contribution < -0.4 is 0 Å². The zero-order chi connectivity index (χ0) is 10.3. The molecule has 0 saturated heterocycles. The number of hydrogen-bond acceptors (Lipinski definition) is 0. The number of aryl methyl sites for hydroxylation is 1. The lowest BCUT2D eigenvalue weighted by molar-refractivity contribution is -0.138. The molecule has 0 radical (unpaired) electrons. The van der Waals surface area contributed by atoms with Crippen LogP contribution in [0, 0.1) is 0 Å². The summed E-state index contributed by atoms with van der Waals surface area (Å²) < 4.78 is 38.3. The second kappa shape index (κ2) is 3.26. The molecule has 2 rings (SSSR count). The molecule has 4 heteroatoms. The maximum Gasteiger partial charge on any atom is 0.416 e. The van der Waals surface area contributed by atoms with Crippen LogP contribution in [-0.4, -0.2) is 0 Å². The number of fused-ring (bicyclic) bond motifs is 1. The first-order valence-electron chi connectivity index (χ1n) is 4.37. The lowest BCUT2D eigenvalue weighted by Crippen LogP contribution is -2.09. The summed E-state index contributed by atoms with van der Waals surface area (Å²) >= 11 is 3.11. The third-order valence-corrected chi connectivity index (χ3v) is 2.94. The Labute approximate surface area is 88.2 Å². The van der Waals surface area contributed by atoms with E-state index < -0.39 is 11.7 Å². The third-order valence-electron chi connectivity index (χ3n) is 2.49. The van der Waals surface area contributed by atoms with Gasteiger partial charge in [-0.25, -0.2) is 0 Å². The fourth-order valence-corrected chi connectivity index (χ4v) is 2.43. The van der Waals surface area contributed by atoms with E-state index in [2.05, 4.69) is 15.9 Å². The summed E-state index contributed by atoms with van der Waals surface area (Å²) in [6, 6.07) is 2.96. The molecular weight excluding hydrogens is 257 g/mol. The Morgan fingerprint density at radius 2 is 1.86 bits per heavy atom. The summed E-state index contributed by atoms with van der Waals surface area (Å²) in [4.78, 5) is 0. The van der Waals surface area contributed by atoms with Gasteiger partial charge in [-0.05, 0) is 42.5 Å². The first kappa shape index (κ1) is 10.0. The molecule has 1 aliphatic carbocycles. The Kier molecular flexibility index (Phi) is 2.33. The van der Waals surface area contributed by atoms with Crippen LogP contribution in [-0.2, 0) is 19.0 Å². The summed E-state index contributed by atoms with van der Waals surface area (Å²) in [5, 5.41) is 0. The molecule has 0 nitrogen and oxygen atoms in total. The van der Waals surface area contributed by atoms with E-state index in [4.69, 9.17) is 0 Å². The SMILES string of the molecule is FC(F)(F)c1cc(Br)cc2c1CCC2. The van der Waals surface area contributed by atoms with Gasteiger partial charge in [-0.15, -0.1) is 0 Å². The second-order valence-electron chi connectivity index (χ2n) is 3.44. The molecule has 1 aliphatic rings. The van der Waals surface area contributed by atoms with E-state index in [1.807, 2.05) is 0 Å². The van der Waals surface area contributed by atoms with E-state index in [9.17, 15) is 13.2 Å². The van der Waals surface area contributed by atoms with Crippen molar-refractivity contribution in [3.63, 3.8) is 0 Å². The van der Waals surface area contributed by atoms with Crippen LogP contribution in [0.5, 0.6) is 0 Å². The van der Waals surface area contributed by atoms with Crippen molar-refractivity contribution >= 4 is 15.9 Å². The second-order valence-corrected chi connectivity index (χ2v) is 4.36. The molecule has 14 heavy (non-hydrogen) atoms. The molecule has 0 atom stereocenters. The number of halogens is 4. The van der Waals surface area contributed by atoms with E-state index in [1.54, 1.807) is 6.07 Å². The van der Waals surface area contributed by atoms with Gasteiger partial charge in [-0.2, -0.15) is 13.2 Å². The summed E-state index contributed by atoms with van der Waals surface area (Å²) in [5.41, 5.74) is 0.853. The average molecular weight is 265 g/mol. The van der Waals surface area contributed by atoms with Gasteiger partial charge in [0.05, 0.1) is 5.56 Å². The number of alkyl halides is 3. The van der Waals surface area contributed by atoms with Crippen LogP contribution >= 0.6 is 15.9 Å². The Hall–Kier alpha value is -0.510. The molecule has 1 aromatic carbocycles. The van der Waals surface area contributed by atoms with Gasteiger partial charge >= 0.3 is 6.18 Å². The molecule has 0 heterocycles. The highest BCUT2D eigenvalue weighted by Gasteiger charge is 2.35. The third kappa shape index (κ3) is 1.67. The quantitative estimate of drug-likeness (QED) is 0.666. The van der Waals surface area contributed by atoms with E-state index in [-0.39, 0.29) is 0 Å². The maximum absolute atomic E-state index is 12.6. The minimum Gasteiger partial charge on any atom is -0.166 e. The fourth-order valence-electron chi connectivity index (χ4n) is 1.92. The monoisotopic (exact) mass is 264 g/mol. The van der Waals surface area contributed by atoms with Crippen molar-refractivity contribution in [1.29, 1.82) is 0 Å². The minimum atomic E-state index is -4.22. The number of benzene rings is 1. The van der Waals surface area contributed by atoms with Gasteiger partial charge in [-0.1, -0.05) is 15.9 Å². The normalized spacial score (nSPS) is 15.7. The highest BCUT2D eigenvalue weighted by Crippen LogP contribution is 2.38. The van der Waals surface area contributed by atoms with Crippen molar-refractivity contribution in [2.75, 3.05) is 0 Å². The zero-order valence-electron chi connectivity index (χ0n) is 7.29. The predicted molar refractivity (Wildman–Crippen MR) is 51.2 cm³/mol. The summed E-state index contributed by atoms with van der Waals surface area (Å²) in [6.45, 7) is 0. The van der Waals surface area contributed by atoms with Crippen molar-refractivity contribution in [2.45, 2.75) is 25.4 Å². The van der Waals surface area contributed by atoms with Gasteiger partial charge in [-0.3, -0.25) is 0 Å². The van der Waals surface area contributed by atoms with Gasteiger partial charge < -0.3 is 0 Å². The Morgan fingerprint density at radius 3 is 2.50 bits per heavy atom. The summed E-state index contributed by atoms with van der Waals surface area (Å²) in [5.74, 6) is 0. The van der Waals surface area contributed by atoms with E-state index >= 15 is 0 Å². The van der Waals surface area contributed by atoms with Crippen LogP contribution in [0.25, 0.3) is 0 Å². The first-order valence-corrected chi connectivity index (χ1v) is 5.16. The zero-order valence-corrected chi connectivity index (χ0v) is 8.87. The molecule has 0 bridgehead atoms. The molecule has 0 spiro atoms. The van der Waals surface area contributed by atoms with Gasteiger partial charge in [0.2, 0.25) is 0 Å². The highest BCUT2D eigenvalue weighted by atomic mass is 79.9. The smallest absolute Gasteiger partial charge is 0.166 e. The van der Waals surface area contributed by atoms with E-state index in [0.717, 1.165) is 18.4 Å². The Bertz CT molecular complexity index is 368. The Balaban J connectivity index is 2.60. The van der Waals surface area contributed by atoms with Crippen LogP contribution in [0.1, 0.15) is 23.1 Å². The van der Waals surface area contributed by atoms with Gasteiger partial charge in [0.25, 0.3) is 0 Å². The standard InChI is InChI=1S/C10H8BrF3/c11-7-4-6-2-1-3-8(6)9(5-7)10(12,13)14/h4-5H,1-3H2. The van der Waals surface area contributed by atoms with E-state index in [0.29, 0.717) is 16.5 Å². The molecule has 0 amide bonds. The summed E-state index contributed by atoms with van der Waals surface area (Å²) in [7, 11) is 0. The van der Waals surface area contributed by atoms with Crippen LogP contribution in [0.4, 0.5) is 13.2 Å². The topological polar surface area (TPSA) is 0 Å². The molecule has 0 aromatic heterocycles. The minimum absolute atomic E-state index is 0.473. The number of rotatable bonds is 0. The van der Waals surface area contributed by atoms with Crippen molar-refractivity contribution in [2.24, 2.45) is 0 Å². The lowest BCUT2D eigenvalue weighted by atomic mass is 10.0. The van der Waals surface area contributed by atoms with Crippen LogP contribution in [0.2, 0.25) is 0 Å². The maximum atomic E-state index is 12.6. The molecule has 0 saturated carbocycles.